The van der Waals surface area contributed by atoms with Crippen LogP contribution in [0.5, 0.6) is 0 Å². The second-order valence-electron chi connectivity index (χ2n) is 7.43. The molecule has 0 aliphatic carbocycles. The van der Waals surface area contributed by atoms with Crippen molar-refractivity contribution in [1.82, 2.24) is 20.3 Å². The van der Waals surface area contributed by atoms with Crippen molar-refractivity contribution in [1.29, 1.82) is 0 Å². The lowest BCUT2D eigenvalue weighted by molar-refractivity contribution is -0.140. The Morgan fingerprint density at radius 2 is 1.79 bits per heavy atom. The molecule has 0 saturated heterocycles. The summed E-state index contributed by atoms with van der Waals surface area (Å²) in [6.07, 6.45) is 3.51. The molecule has 0 saturated carbocycles. The number of rotatable bonds is 8. The van der Waals surface area contributed by atoms with Gasteiger partial charge in [-0.25, -0.2) is 21.8 Å². The van der Waals surface area contributed by atoms with Crippen molar-refractivity contribution in [3.8, 4) is 0 Å². The third-order valence-corrected chi connectivity index (χ3v) is 7.68. The maximum Gasteiger partial charge on any atom is 0.306 e. The van der Waals surface area contributed by atoms with Crippen LogP contribution in [0.1, 0.15) is 28.2 Å². The summed E-state index contributed by atoms with van der Waals surface area (Å²) in [5, 5.41) is 3.02. The lowest BCUT2D eigenvalue weighted by Gasteiger charge is -2.09. The van der Waals surface area contributed by atoms with Crippen LogP contribution in [-0.4, -0.2) is 62.8 Å². The van der Waals surface area contributed by atoms with E-state index in [0.29, 0.717) is 22.3 Å². The van der Waals surface area contributed by atoms with Gasteiger partial charge in [0, 0.05) is 24.0 Å². The molecule has 3 heterocycles. The molecular weight excluding hydrogens is 484 g/mol. The second-order valence-corrected chi connectivity index (χ2v) is 11.5. The molecule has 0 spiro atoms. The van der Waals surface area contributed by atoms with Gasteiger partial charge in [0.1, 0.15) is 0 Å². The van der Waals surface area contributed by atoms with Crippen LogP contribution in [0, 0.1) is 6.92 Å². The van der Waals surface area contributed by atoms with E-state index in [1.165, 1.54) is 44.6 Å². The number of pyridine rings is 3. The topological polar surface area (TPSA) is 162 Å². The Morgan fingerprint density at radius 1 is 1.06 bits per heavy atom. The second kappa shape index (κ2) is 9.81. The van der Waals surface area contributed by atoms with Crippen molar-refractivity contribution in [2.75, 3.05) is 19.1 Å². The number of nitrogens with zero attached hydrogens (tertiary/aromatic N) is 3. The molecule has 13 heteroatoms. The predicted octanol–water partition coefficient (Wildman–Crippen LogP) is 1.00. The fourth-order valence-electron chi connectivity index (χ4n) is 3.02. The van der Waals surface area contributed by atoms with E-state index >= 15 is 0 Å². The number of carbonyl (C=O) groups is 2. The van der Waals surface area contributed by atoms with E-state index < -0.39 is 37.3 Å². The molecule has 0 fully saturated rings. The number of sulfone groups is 2. The van der Waals surface area contributed by atoms with E-state index in [0.717, 1.165) is 6.26 Å². The van der Waals surface area contributed by atoms with Crippen LogP contribution >= 0.6 is 0 Å². The van der Waals surface area contributed by atoms with Crippen molar-refractivity contribution >= 4 is 42.5 Å². The first-order valence-electron chi connectivity index (χ1n) is 9.91. The zero-order valence-corrected chi connectivity index (χ0v) is 20.2. The van der Waals surface area contributed by atoms with E-state index in [4.69, 9.17) is 0 Å². The van der Waals surface area contributed by atoms with Gasteiger partial charge < -0.3 is 10.1 Å². The van der Waals surface area contributed by atoms with Crippen molar-refractivity contribution in [2.45, 2.75) is 29.8 Å². The summed E-state index contributed by atoms with van der Waals surface area (Å²) in [4.78, 5) is 36.1. The number of amides is 1. The summed E-state index contributed by atoms with van der Waals surface area (Å²) in [6, 6.07) is 5.67. The highest BCUT2D eigenvalue weighted by atomic mass is 32.2. The average Bonchev–Trinajstić information content (AvgIpc) is 2.80. The minimum Gasteiger partial charge on any atom is -0.469 e. The SMILES string of the molecule is COC(=O)CCS(=O)(=O)c1ccc2cnc(CNC(=O)c3cnc(C)c(S(C)(=O)=O)c3)cc2n1. The summed E-state index contributed by atoms with van der Waals surface area (Å²) in [5.74, 6) is -1.63. The molecule has 3 rings (SSSR count). The summed E-state index contributed by atoms with van der Waals surface area (Å²) in [6.45, 7) is 1.52. The normalized spacial score (nSPS) is 11.9. The molecule has 0 bridgehead atoms. The van der Waals surface area contributed by atoms with Gasteiger partial charge in [0.25, 0.3) is 5.91 Å². The van der Waals surface area contributed by atoms with Crippen LogP contribution in [0.2, 0.25) is 0 Å². The highest BCUT2D eigenvalue weighted by Gasteiger charge is 2.19. The number of carbonyl (C=O) groups excluding carboxylic acids is 2. The van der Waals surface area contributed by atoms with Crippen LogP contribution in [0.15, 0.2) is 46.6 Å². The molecule has 180 valence electrons. The summed E-state index contributed by atoms with van der Waals surface area (Å²) >= 11 is 0. The first-order chi connectivity index (χ1) is 15.9. The highest BCUT2D eigenvalue weighted by Crippen LogP contribution is 2.18. The molecule has 0 unspecified atom stereocenters. The van der Waals surface area contributed by atoms with Crippen LogP contribution in [0.4, 0.5) is 0 Å². The quantitative estimate of drug-likeness (QED) is 0.436. The molecule has 0 aromatic carbocycles. The first kappa shape index (κ1) is 25.2. The zero-order chi connectivity index (χ0) is 25.1. The third-order valence-electron chi connectivity index (χ3n) is 4.86. The molecule has 1 amide bonds. The Morgan fingerprint density at radius 3 is 2.47 bits per heavy atom. The first-order valence-corrected chi connectivity index (χ1v) is 13.5. The zero-order valence-electron chi connectivity index (χ0n) is 18.6. The number of hydrogen-bond acceptors (Lipinski definition) is 10. The fraction of sp³-hybridized carbons (Fsp3) is 0.286. The number of ether oxygens (including phenoxy) is 1. The fourth-order valence-corrected chi connectivity index (χ4v) is 5.11. The predicted molar refractivity (Wildman–Crippen MR) is 121 cm³/mol. The molecule has 11 nitrogen and oxygen atoms in total. The minimum atomic E-state index is -3.81. The Labute approximate surface area is 196 Å². The average molecular weight is 507 g/mol. The van der Waals surface area contributed by atoms with E-state index in [1.54, 1.807) is 6.07 Å². The lowest BCUT2D eigenvalue weighted by atomic mass is 10.2. The molecule has 3 aromatic heterocycles. The van der Waals surface area contributed by atoms with E-state index in [-0.39, 0.29) is 28.5 Å². The lowest BCUT2D eigenvalue weighted by Crippen LogP contribution is -2.24. The summed E-state index contributed by atoms with van der Waals surface area (Å²) in [7, 11) is -6.18. The Kier molecular flexibility index (Phi) is 7.26. The molecule has 0 aliphatic heterocycles. The number of methoxy groups -OCH3 is 1. The smallest absolute Gasteiger partial charge is 0.306 e. The van der Waals surface area contributed by atoms with Gasteiger partial charge in [0.05, 0.1) is 53.2 Å². The minimum absolute atomic E-state index is 0.0160. The molecule has 0 aliphatic rings. The molecule has 0 atom stereocenters. The standard InChI is InChI=1S/C21H22N4O7S2/c1-13-18(33(3,28)29)8-15(11-22-13)21(27)24-12-16-9-17-14(10-23-16)4-5-19(25-17)34(30,31)7-6-20(26)32-2/h4-5,8-11H,6-7,12H2,1-3H3,(H,24,27). The highest BCUT2D eigenvalue weighted by molar-refractivity contribution is 7.91. The molecule has 34 heavy (non-hydrogen) atoms. The van der Waals surface area contributed by atoms with Gasteiger partial charge in [0.2, 0.25) is 0 Å². The van der Waals surface area contributed by atoms with Crippen LogP contribution < -0.4 is 5.32 Å². The largest absolute Gasteiger partial charge is 0.469 e. The van der Waals surface area contributed by atoms with Gasteiger partial charge in [0.15, 0.2) is 24.7 Å². The monoisotopic (exact) mass is 506 g/mol. The summed E-state index contributed by atoms with van der Waals surface area (Å²) in [5.41, 5.74) is 1.11. The number of fused-ring (bicyclic) bond motifs is 1. The molecular formula is C21H22N4O7S2. The van der Waals surface area contributed by atoms with Crippen LogP contribution in [0.25, 0.3) is 10.9 Å². The van der Waals surface area contributed by atoms with Gasteiger partial charge >= 0.3 is 5.97 Å². The van der Waals surface area contributed by atoms with Gasteiger partial charge in [-0.2, -0.15) is 0 Å². The van der Waals surface area contributed by atoms with Gasteiger partial charge in [-0.3, -0.25) is 19.6 Å². The van der Waals surface area contributed by atoms with E-state index in [1.807, 2.05) is 0 Å². The van der Waals surface area contributed by atoms with Gasteiger partial charge in [-0.1, -0.05) is 0 Å². The number of esters is 1. The number of aryl methyl sites for hydroxylation is 1. The van der Waals surface area contributed by atoms with Crippen molar-refractivity contribution in [2.24, 2.45) is 0 Å². The van der Waals surface area contributed by atoms with Gasteiger partial charge in [-0.15, -0.1) is 0 Å². The van der Waals surface area contributed by atoms with Crippen LogP contribution in [-0.2, 0) is 35.8 Å². The molecule has 1 N–H and O–H groups in total. The number of nitrogens with one attached hydrogen (secondary N) is 1. The maximum absolute atomic E-state index is 12.5. The van der Waals surface area contributed by atoms with E-state index in [9.17, 15) is 26.4 Å². The molecule has 3 aromatic rings. The summed E-state index contributed by atoms with van der Waals surface area (Å²) < 4.78 is 53.2. The Balaban J connectivity index is 1.78. The van der Waals surface area contributed by atoms with Gasteiger partial charge in [-0.05, 0) is 31.2 Å². The van der Waals surface area contributed by atoms with Crippen LogP contribution in [0.3, 0.4) is 0 Å². The Bertz CT molecular complexity index is 1490. The third kappa shape index (κ3) is 5.91. The van der Waals surface area contributed by atoms with Crippen molar-refractivity contribution in [3.63, 3.8) is 0 Å². The van der Waals surface area contributed by atoms with Crippen molar-refractivity contribution < 1.29 is 31.2 Å². The maximum atomic E-state index is 12.5. The van der Waals surface area contributed by atoms with E-state index in [2.05, 4.69) is 25.0 Å². The van der Waals surface area contributed by atoms with Crippen molar-refractivity contribution in [3.05, 3.63) is 53.6 Å². The molecule has 0 radical (unpaired) electrons. The Hall–Kier alpha value is -3.45. The number of aromatic nitrogens is 3. The number of hydrogen-bond donors (Lipinski definition) is 1.